The summed E-state index contributed by atoms with van der Waals surface area (Å²) in [6.07, 6.45) is -3.10. The van der Waals surface area contributed by atoms with E-state index < -0.39 is 12.1 Å². The van der Waals surface area contributed by atoms with Gasteiger partial charge in [0.25, 0.3) is 0 Å². The predicted molar refractivity (Wildman–Crippen MR) is 70.6 cm³/mol. The molecule has 8 heteroatoms. The summed E-state index contributed by atoms with van der Waals surface area (Å²) in [7, 11) is 1.74. The van der Waals surface area contributed by atoms with Gasteiger partial charge in [-0.05, 0) is 24.3 Å². The third-order valence-electron chi connectivity index (χ3n) is 2.27. The third kappa shape index (κ3) is 4.90. The highest BCUT2D eigenvalue weighted by atomic mass is 19.4. The zero-order valence-electron chi connectivity index (χ0n) is 11.4. The Bertz CT molecular complexity index is 565. The van der Waals surface area contributed by atoms with Crippen molar-refractivity contribution in [3.8, 4) is 11.4 Å². The fourth-order valence-corrected chi connectivity index (χ4v) is 1.24. The summed E-state index contributed by atoms with van der Waals surface area (Å²) in [4.78, 5) is 12.5. The maximum absolute atomic E-state index is 12.2. The summed E-state index contributed by atoms with van der Waals surface area (Å²) in [5.74, 6) is -1.43. The second kappa shape index (κ2) is 7.41. The minimum absolute atomic E-state index is 0.0834. The number of hydrogen-bond acceptors (Lipinski definition) is 5. The van der Waals surface area contributed by atoms with E-state index in [1.807, 2.05) is 6.92 Å². The molecule has 0 saturated heterocycles. The van der Waals surface area contributed by atoms with E-state index in [1.165, 1.54) is 0 Å². The molecule has 5 nitrogen and oxygen atoms in total. The lowest BCUT2D eigenvalue weighted by molar-refractivity contribution is -0.159. The number of halogens is 3. The van der Waals surface area contributed by atoms with Crippen molar-refractivity contribution in [3.05, 3.63) is 30.2 Å². The number of rotatable bonds is 3. The maximum Gasteiger partial charge on any atom is 0.471 e. The topological polar surface area (TPSA) is 68.0 Å². The summed E-state index contributed by atoms with van der Waals surface area (Å²) >= 11 is 0. The van der Waals surface area contributed by atoms with Crippen molar-refractivity contribution in [3.63, 3.8) is 0 Å². The average Bonchev–Trinajstić information content (AvgIpc) is 2.97. The van der Waals surface area contributed by atoms with Crippen molar-refractivity contribution in [2.75, 3.05) is 12.4 Å². The number of nitrogens with one attached hydrogen (secondary N) is 1. The van der Waals surface area contributed by atoms with Gasteiger partial charge in [-0.1, -0.05) is 12.1 Å². The Morgan fingerprint density at radius 3 is 2.24 bits per heavy atom. The molecule has 114 valence electrons. The van der Waals surface area contributed by atoms with Crippen LogP contribution in [-0.4, -0.2) is 23.5 Å². The van der Waals surface area contributed by atoms with Crippen molar-refractivity contribution in [1.29, 1.82) is 0 Å². The molecule has 0 atom stereocenters. The fraction of sp³-hybridized carbons (Fsp3) is 0.308. The molecule has 21 heavy (non-hydrogen) atoms. The predicted octanol–water partition coefficient (Wildman–Crippen LogP) is 3.39. The molecule has 1 N–H and O–H groups in total. The van der Waals surface area contributed by atoms with Crippen LogP contribution in [0.3, 0.4) is 0 Å². The van der Waals surface area contributed by atoms with Crippen molar-refractivity contribution < 1.29 is 22.5 Å². The van der Waals surface area contributed by atoms with Crippen LogP contribution >= 0.6 is 0 Å². The number of nitrogens with zero attached hydrogens (tertiary/aromatic N) is 2. The summed E-state index contributed by atoms with van der Waals surface area (Å²) in [5.41, 5.74) is 1.30. The first-order chi connectivity index (χ1) is 9.92. The quantitative estimate of drug-likeness (QED) is 0.880. The number of anilines is 1. The minimum atomic E-state index is -4.61. The molecule has 0 unspecified atom stereocenters. The van der Waals surface area contributed by atoms with Crippen LogP contribution in [-0.2, 0) is 11.0 Å². The summed E-state index contributed by atoms with van der Waals surface area (Å²) in [6.45, 7) is 1.81. The van der Waals surface area contributed by atoms with Gasteiger partial charge in [0.2, 0.25) is 5.82 Å². The van der Waals surface area contributed by atoms with E-state index in [-0.39, 0.29) is 5.82 Å². The standard InChI is InChI=1S/C10H8F3N3O.C3H6O/c1-14-7-4-2-6(3-5-7)8-15-9(17-16-8)10(11,12)13;1-2-3-4/h2-5,14H,1H3;3H,2H2,1H3. The van der Waals surface area contributed by atoms with E-state index in [0.29, 0.717) is 12.0 Å². The van der Waals surface area contributed by atoms with Crippen LogP contribution in [0, 0.1) is 0 Å². The molecule has 2 aromatic rings. The number of alkyl halides is 3. The van der Waals surface area contributed by atoms with Crippen LogP contribution in [0.1, 0.15) is 19.2 Å². The Labute approximate surface area is 119 Å². The normalized spacial score (nSPS) is 10.5. The number of hydrogen-bond donors (Lipinski definition) is 1. The second-order valence-corrected chi connectivity index (χ2v) is 3.82. The van der Waals surface area contributed by atoms with Gasteiger partial charge in [0.1, 0.15) is 6.29 Å². The van der Waals surface area contributed by atoms with E-state index in [4.69, 9.17) is 0 Å². The van der Waals surface area contributed by atoms with Gasteiger partial charge in [-0.25, -0.2) is 0 Å². The second-order valence-electron chi connectivity index (χ2n) is 3.82. The van der Waals surface area contributed by atoms with Crippen LogP contribution < -0.4 is 5.32 Å². The minimum Gasteiger partial charge on any atom is -0.388 e. The molecule has 0 fully saturated rings. The molecule has 0 aliphatic carbocycles. The lowest BCUT2D eigenvalue weighted by atomic mass is 10.2. The highest BCUT2D eigenvalue weighted by molar-refractivity contribution is 5.59. The summed E-state index contributed by atoms with van der Waals surface area (Å²) in [6, 6.07) is 6.63. The molecular formula is C13H14F3N3O2. The van der Waals surface area contributed by atoms with Gasteiger partial charge in [0, 0.05) is 24.7 Å². The number of carbonyl (C=O) groups is 1. The molecule has 1 aromatic carbocycles. The molecule has 2 rings (SSSR count). The van der Waals surface area contributed by atoms with Crippen LogP contribution in [0.15, 0.2) is 28.8 Å². The van der Waals surface area contributed by atoms with Crippen molar-refractivity contribution >= 4 is 12.0 Å². The van der Waals surface area contributed by atoms with Crippen LogP contribution in [0.25, 0.3) is 11.4 Å². The average molecular weight is 301 g/mol. The Balaban J connectivity index is 0.000000491. The first-order valence-electron chi connectivity index (χ1n) is 6.05. The van der Waals surface area contributed by atoms with Gasteiger partial charge in [0.15, 0.2) is 0 Å². The number of aromatic nitrogens is 2. The molecule has 0 amide bonds. The SMILES string of the molecule is CCC=O.CNc1ccc(-c2noc(C(F)(F)F)n2)cc1. The Hall–Kier alpha value is -2.38. The van der Waals surface area contributed by atoms with Crippen LogP contribution in [0.4, 0.5) is 18.9 Å². The number of carbonyl (C=O) groups excluding carboxylic acids is 1. The molecule has 1 aromatic heterocycles. The summed E-state index contributed by atoms with van der Waals surface area (Å²) < 4.78 is 40.8. The molecule has 0 bridgehead atoms. The molecule has 0 saturated carbocycles. The van der Waals surface area contributed by atoms with Gasteiger partial charge in [0.05, 0.1) is 0 Å². The molecule has 0 spiro atoms. The Kier molecular flexibility index (Phi) is 5.89. The van der Waals surface area contributed by atoms with Crippen molar-refractivity contribution in [2.45, 2.75) is 19.5 Å². The largest absolute Gasteiger partial charge is 0.471 e. The number of benzene rings is 1. The molecule has 0 aliphatic heterocycles. The maximum atomic E-state index is 12.2. The van der Waals surface area contributed by atoms with E-state index in [9.17, 15) is 18.0 Å². The number of aldehydes is 1. The van der Waals surface area contributed by atoms with Crippen molar-refractivity contribution in [1.82, 2.24) is 10.1 Å². The Morgan fingerprint density at radius 2 is 1.86 bits per heavy atom. The zero-order valence-corrected chi connectivity index (χ0v) is 11.4. The first-order valence-corrected chi connectivity index (χ1v) is 6.05. The zero-order chi connectivity index (χ0) is 15.9. The van der Waals surface area contributed by atoms with Gasteiger partial charge < -0.3 is 14.6 Å². The fourth-order valence-electron chi connectivity index (χ4n) is 1.24. The third-order valence-corrected chi connectivity index (χ3v) is 2.27. The monoisotopic (exact) mass is 301 g/mol. The highest BCUT2D eigenvalue weighted by Crippen LogP contribution is 2.29. The highest BCUT2D eigenvalue weighted by Gasteiger charge is 2.38. The lowest BCUT2D eigenvalue weighted by Gasteiger charge is -1.99. The van der Waals surface area contributed by atoms with Crippen LogP contribution in [0.5, 0.6) is 0 Å². The molecular weight excluding hydrogens is 287 g/mol. The molecule has 1 heterocycles. The molecule has 0 radical (unpaired) electrons. The van der Waals surface area contributed by atoms with Gasteiger partial charge in [-0.2, -0.15) is 18.2 Å². The first kappa shape index (κ1) is 16.7. The van der Waals surface area contributed by atoms with Crippen LogP contribution in [0.2, 0.25) is 0 Å². The molecule has 0 aliphatic rings. The van der Waals surface area contributed by atoms with E-state index in [2.05, 4.69) is 20.0 Å². The van der Waals surface area contributed by atoms with Crippen molar-refractivity contribution in [2.24, 2.45) is 0 Å². The smallest absolute Gasteiger partial charge is 0.388 e. The van der Waals surface area contributed by atoms with Gasteiger partial charge in [-0.3, -0.25) is 0 Å². The summed E-state index contributed by atoms with van der Waals surface area (Å²) in [5, 5.41) is 6.17. The van der Waals surface area contributed by atoms with Gasteiger partial charge >= 0.3 is 12.1 Å². The van der Waals surface area contributed by atoms with E-state index in [0.717, 1.165) is 12.0 Å². The van der Waals surface area contributed by atoms with Gasteiger partial charge in [-0.15, -0.1) is 0 Å². The van der Waals surface area contributed by atoms with E-state index >= 15 is 0 Å². The Morgan fingerprint density at radius 1 is 1.29 bits per heavy atom. The lowest BCUT2D eigenvalue weighted by Crippen LogP contribution is -2.04. The van der Waals surface area contributed by atoms with E-state index in [1.54, 1.807) is 31.3 Å².